The van der Waals surface area contributed by atoms with Crippen molar-refractivity contribution in [1.29, 1.82) is 0 Å². The van der Waals surface area contributed by atoms with Crippen LogP contribution in [0.3, 0.4) is 0 Å². The molecule has 0 aliphatic carbocycles. The molecule has 2 fully saturated rings. The van der Waals surface area contributed by atoms with E-state index in [0.717, 1.165) is 6.07 Å². The molecule has 0 amide bonds. The molecular formula is C20H20ClFN6O4S2. The van der Waals surface area contributed by atoms with Crippen LogP contribution >= 0.6 is 22.9 Å². The average Bonchev–Trinajstić information content (AvgIpc) is 3.41. The Hall–Kier alpha value is -2.42. The number of fused-ring (bicyclic) bond motifs is 1. The molecule has 1 aromatic heterocycles. The van der Waals surface area contributed by atoms with Crippen molar-refractivity contribution >= 4 is 45.0 Å². The second kappa shape index (κ2) is 8.98. The average molecular weight is 527 g/mol. The molecule has 10 nitrogen and oxygen atoms in total. The topological polar surface area (TPSA) is 127 Å². The molecule has 3 aliphatic rings. The number of rotatable bonds is 5. The van der Waals surface area contributed by atoms with E-state index >= 15 is 0 Å². The number of hydrogen-bond acceptors (Lipinski definition) is 8. The van der Waals surface area contributed by atoms with Crippen LogP contribution in [-0.2, 0) is 15.0 Å². The number of carboxylic acid groups (broad SMARTS) is 1. The summed E-state index contributed by atoms with van der Waals surface area (Å²) in [6, 6.07) is 2.57. The van der Waals surface area contributed by atoms with Gasteiger partial charge in [0.1, 0.15) is 11.9 Å². The van der Waals surface area contributed by atoms with Crippen molar-refractivity contribution in [3.8, 4) is 0 Å². The summed E-state index contributed by atoms with van der Waals surface area (Å²) in [5, 5.41) is 15.7. The van der Waals surface area contributed by atoms with Crippen LogP contribution in [0.4, 0.5) is 4.39 Å². The van der Waals surface area contributed by atoms with Crippen LogP contribution in [0.2, 0.25) is 5.02 Å². The SMILES string of the molecule is O=C(O)C1=C(CN2CCN3[C@H](CNS3(=O)=O)C2)NC(c2nccs2)=N[C@H]1c1ccc(F)cc1Cl. The van der Waals surface area contributed by atoms with Crippen LogP contribution < -0.4 is 10.0 Å². The molecular weight excluding hydrogens is 507 g/mol. The van der Waals surface area contributed by atoms with E-state index in [1.54, 1.807) is 11.6 Å². The number of carbonyl (C=O) groups is 1. The Bertz CT molecular complexity index is 1300. The molecule has 0 unspecified atom stereocenters. The highest BCUT2D eigenvalue weighted by atomic mass is 35.5. The third kappa shape index (κ3) is 4.34. The van der Waals surface area contributed by atoms with Gasteiger partial charge < -0.3 is 10.4 Å². The van der Waals surface area contributed by atoms with Gasteiger partial charge >= 0.3 is 5.97 Å². The first kappa shape index (κ1) is 23.3. The van der Waals surface area contributed by atoms with Crippen molar-refractivity contribution in [3.63, 3.8) is 0 Å². The van der Waals surface area contributed by atoms with Crippen molar-refractivity contribution in [2.24, 2.45) is 4.99 Å². The quantitative estimate of drug-likeness (QED) is 0.534. The van der Waals surface area contributed by atoms with Crippen LogP contribution in [0.5, 0.6) is 0 Å². The van der Waals surface area contributed by atoms with Gasteiger partial charge in [0.2, 0.25) is 0 Å². The second-order valence-electron chi connectivity index (χ2n) is 8.06. The molecule has 2 atom stereocenters. The number of piperazine rings is 1. The summed E-state index contributed by atoms with van der Waals surface area (Å²) in [6.07, 6.45) is 1.62. The summed E-state index contributed by atoms with van der Waals surface area (Å²) >= 11 is 7.64. The molecule has 3 N–H and O–H groups in total. The van der Waals surface area contributed by atoms with Crippen LogP contribution in [0.25, 0.3) is 0 Å². The van der Waals surface area contributed by atoms with E-state index in [1.165, 1.54) is 27.8 Å². The minimum Gasteiger partial charge on any atom is -0.478 e. The summed E-state index contributed by atoms with van der Waals surface area (Å²) < 4.78 is 41.9. The number of nitrogens with zero attached hydrogens (tertiary/aromatic N) is 4. The molecule has 0 saturated carbocycles. The largest absolute Gasteiger partial charge is 0.478 e. The zero-order valence-electron chi connectivity index (χ0n) is 17.6. The van der Waals surface area contributed by atoms with Gasteiger partial charge in [0.25, 0.3) is 10.2 Å². The summed E-state index contributed by atoms with van der Waals surface area (Å²) in [5.41, 5.74) is 0.762. The molecule has 4 heterocycles. The van der Waals surface area contributed by atoms with Gasteiger partial charge in [-0.25, -0.2) is 18.9 Å². The normalized spacial score (nSPS) is 25.1. The molecule has 180 valence electrons. The predicted octanol–water partition coefficient (Wildman–Crippen LogP) is 1.20. The number of halogens is 2. The van der Waals surface area contributed by atoms with Crippen molar-refractivity contribution < 1.29 is 22.7 Å². The van der Waals surface area contributed by atoms with Crippen LogP contribution in [0.1, 0.15) is 16.6 Å². The molecule has 0 spiro atoms. The van der Waals surface area contributed by atoms with E-state index in [4.69, 9.17) is 11.6 Å². The van der Waals surface area contributed by atoms with E-state index in [0.29, 0.717) is 48.3 Å². The van der Waals surface area contributed by atoms with Crippen LogP contribution in [-0.4, -0.2) is 78.3 Å². The highest BCUT2D eigenvalue weighted by molar-refractivity contribution is 7.87. The molecule has 0 bridgehead atoms. The Morgan fingerprint density at radius 1 is 1.35 bits per heavy atom. The van der Waals surface area contributed by atoms with Gasteiger partial charge in [-0.2, -0.15) is 12.7 Å². The number of benzene rings is 1. The van der Waals surface area contributed by atoms with Gasteiger partial charge in [0, 0.05) is 60.6 Å². The van der Waals surface area contributed by atoms with E-state index in [9.17, 15) is 22.7 Å². The molecule has 2 saturated heterocycles. The van der Waals surface area contributed by atoms with Gasteiger partial charge in [-0.3, -0.25) is 9.89 Å². The van der Waals surface area contributed by atoms with Crippen molar-refractivity contribution in [3.05, 3.63) is 62.5 Å². The maximum Gasteiger partial charge on any atom is 0.335 e. The van der Waals surface area contributed by atoms with Gasteiger partial charge in [-0.1, -0.05) is 17.7 Å². The molecule has 3 aliphatic heterocycles. The molecule has 1 aromatic carbocycles. The minimum absolute atomic E-state index is 0.00610. The standard InChI is InChI=1S/C20H20ClFN6O4S2/c21-14-7-11(22)1-2-13(14)17-16(20(29)30)15(25-18(26-17)19-23-3-6-33-19)10-27-4-5-28-12(9-27)8-24-34(28,31)32/h1-3,6-7,12,17,24H,4-5,8-10H2,(H,25,26)(H,29,30)/t12-,17+/m1/s1. The lowest BCUT2D eigenvalue weighted by Crippen LogP contribution is -2.53. The molecule has 5 rings (SSSR count). The van der Waals surface area contributed by atoms with E-state index in [-0.39, 0.29) is 23.2 Å². The Kier molecular flexibility index (Phi) is 6.16. The smallest absolute Gasteiger partial charge is 0.335 e. The number of aliphatic carboxylic acids is 1. The number of aromatic nitrogens is 1. The summed E-state index contributed by atoms with van der Waals surface area (Å²) in [7, 11) is -3.46. The minimum atomic E-state index is -3.46. The first-order valence-corrected chi connectivity index (χ1v) is 13.1. The number of hydrogen-bond donors (Lipinski definition) is 3. The Morgan fingerprint density at radius 2 is 2.18 bits per heavy atom. The lowest BCUT2D eigenvalue weighted by Gasteiger charge is -2.37. The van der Waals surface area contributed by atoms with Crippen LogP contribution in [0.15, 0.2) is 46.0 Å². The molecule has 34 heavy (non-hydrogen) atoms. The van der Waals surface area contributed by atoms with Crippen molar-refractivity contribution in [2.45, 2.75) is 12.1 Å². The maximum absolute atomic E-state index is 13.7. The zero-order valence-corrected chi connectivity index (χ0v) is 20.0. The van der Waals surface area contributed by atoms with Gasteiger partial charge in [-0.05, 0) is 12.1 Å². The number of thiazole rings is 1. The van der Waals surface area contributed by atoms with Crippen molar-refractivity contribution in [2.75, 3.05) is 32.7 Å². The highest BCUT2D eigenvalue weighted by Crippen LogP contribution is 2.36. The van der Waals surface area contributed by atoms with E-state index in [1.807, 2.05) is 4.90 Å². The highest BCUT2D eigenvalue weighted by Gasteiger charge is 2.41. The third-order valence-electron chi connectivity index (χ3n) is 5.95. The molecule has 0 radical (unpaired) electrons. The lowest BCUT2D eigenvalue weighted by atomic mass is 9.95. The van der Waals surface area contributed by atoms with Gasteiger partial charge in [-0.15, -0.1) is 11.3 Å². The monoisotopic (exact) mass is 526 g/mol. The Morgan fingerprint density at radius 3 is 2.88 bits per heavy atom. The van der Waals surface area contributed by atoms with E-state index in [2.05, 4.69) is 20.0 Å². The number of carboxylic acids is 1. The third-order valence-corrected chi connectivity index (χ3v) is 8.69. The Balaban J connectivity index is 1.51. The number of amidine groups is 1. The summed E-state index contributed by atoms with van der Waals surface area (Å²) in [4.78, 5) is 23.3. The van der Waals surface area contributed by atoms with Crippen molar-refractivity contribution in [1.82, 2.24) is 24.2 Å². The second-order valence-corrected chi connectivity index (χ2v) is 11.1. The summed E-state index contributed by atoms with van der Waals surface area (Å²) in [6.45, 7) is 1.70. The first-order chi connectivity index (χ1) is 16.2. The van der Waals surface area contributed by atoms with Gasteiger partial charge in [0.15, 0.2) is 10.8 Å². The maximum atomic E-state index is 13.7. The predicted molar refractivity (Wildman–Crippen MR) is 124 cm³/mol. The van der Waals surface area contributed by atoms with Crippen LogP contribution in [0, 0.1) is 5.82 Å². The fourth-order valence-corrected chi connectivity index (χ4v) is 6.69. The fraction of sp³-hybridized carbons (Fsp3) is 0.350. The number of aliphatic imine (C=N–C) groups is 1. The molecule has 2 aromatic rings. The molecule has 14 heteroatoms. The Labute approximate surface area is 203 Å². The number of nitrogens with one attached hydrogen (secondary N) is 2. The summed E-state index contributed by atoms with van der Waals surface area (Å²) in [5.74, 6) is -1.33. The lowest BCUT2D eigenvalue weighted by molar-refractivity contribution is -0.133. The first-order valence-electron chi connectivity index (χ1n) is 10.4. The zero-order chi connectivity index (χ0) is 24.0. The fourth-order valence-electron chi connectivity index (χ4n) is 4.41. The van der Waals surface area contributed by atoms with Gasteiger partial charge in [0.05, 0.1) is 11.6 Å². The van der Waals surface area contributed by atoms with E-state index < -0.39 is 28.0 Å².